The lowest BCUT2D eigenvalue weighted by molar-refractivity contribution is -0.148. The van der Waals surface area contributed by atoms with Crippen LogP contribution in [0.5, 0.6) is 0 Å². The SMILES string of the molecule is COC(=O)CC(=O)C[C@H](C(=O)N1C[C@H](O)C[C@H]1C(=O)C[C@@H](C)c1ccc(-c2scnc2C)cc1)C(C)(C)C. The third-order valence-corrected chi connectivity index (χ3v) is 8.25. The van der Waals surface area contributed by atoms with Gasteiger partial charge in [-0.3, -0.25) is 19.2 Å². The molecule has 0 aliphatic carbocycles. The number of ketones is 2. The Labute approximate surface area is 228 Å². The van der Waals surface area contributed by atoms with Crippen LogP contribution < -0.4 is 0 Å². The summed E-state index contributed by atoms with van der Waals surface area (Å²) in [5.74, 6) is -2.31. The summed E-state index contributed by atoms with van der Waals surface area (Å²) in [5, 5.41) is 10.4. The zero-order valence-corrected chi connectivity index (χ0v) is 23.8. The normalized spacial score (nSPS) is 19.2. The number of Topliss-reactive ketones (excluding diaryl/α,β-unsaturated/α-hetero) is 2. The van der Waals surface area contributed by atoms with Gasteiger partial charge in [-0.25, -0.2) is 4.98 Å². The highest BCUT2D eigenvalue weighted by molar-refractivity contribution is 7.13. The first-order valence-electron chi connectivity index (χ1n) is 12.9. The number of rotatable bonds is 10. The highest BCUT2D eigenvalue weighted by Gasteiger charge is 2.44. The molecule has 8 nitrogen and oxygen atoms in total. The average molecular weight is 543 g/mol. The van der Waals surface area contributed by atoms with E-state index in [9.17, 15) is 24.3 Å². The number of aromatic nitrogens is 1. The van der Waals surface area contributed by atoms with Crippen molar-refractivity contribution in [3.05, 3.63) is 41.0 Å². The predicted molar refractivity (Wildman–Crippen MR) is 146 cm³/mol. The number of aryl methyl sites for hydroxylation is 1. The molecule has 1 aliphatic rings. The Morgan fingerprint density at radius 2 is 1.82 bits per heavy atom. The number of aliphatic hydroxyl groups excluding tert-OH is 1. The van der Waals surface area contributed by atoms with E-state index in [1.807, 2.05) is 64.4 Å². The van der Waals surface area contributed by atoms with Crippen LogP contribution in [0.4, 0.5) is 0 Å². The Morgan fingerprint density at radius 3 is 2.37 bits per heavy atom. The van der Waals surface area contributed by atoms with Gasteiger partial charge in [-0.05, 0) is 29.4 Å². The van der Waals surface area contributed by atoms with E-state index in [-0.39, 0.29) is 43.4 Å². The highest BCUT2D eigenvalue weighted by Crippen LogP contribution is 2.35. The molecule has 1 aromatic carbocycles. The minimum atomic E-state index is -0.809. The van der Waals surface area contributed by atoms with Gasteiger partial charge >= 0.3 is 5.97 Å². The molecular formula is C29H38N2O6S. The average Bonchev–Trinajstić information content (AvgIpc) is 3.46. The lowest BCUT2D eigenvalue weighted by atomic mass is 9.76. The topological polar surface area (TPSA) is 114 Å². The zero-order valence-electron chi connectivity index (χ0n) is 23.0. The van der Waals surface area contributed by atoms with Crippen LogP contribution in [0.25, 0.3) is 10.4 Å². The molecule has 1 amide bonds. The van der Waals surface area contributed by atoms with Crippen molar-refractivity contribution in [2.45, 2.75) is 78.4 Å². The molecule has 1 fully saturated rings. The Bertz CT molecular complexity index is 1170. The maximum Gasteiger partial charge on any atom is 0.313 e. The van der Waals surface area contributed by atoms with Crippen molar-refractivity contribution >= 4 is 34.8 Å². The third kappa shape index (κ3) is 7.14. The molecule has 0 radical (unpaired) electrons. The maximum atomic E-state index is 13.7. The molecule has 4 atom stereocenters. The maximum absolute atomic E-state index is 13.7. The van der Waals surface area contributed by atoms with Crippen LogP contribution in [0.15, 0.2) is 29.8 Å². The largest absolute Gasteiger partial charge is 0.469 e. The Balaban J connectivity index is 1.72. The number of nitrogens with zero attached hydrogens (tertiary/aromatic N) is 2. The summed E-state index contributed by atoms with van der Waals surface area (Å²) in [6.07, 6.45) is -0.945. The van der Waals surface area contributed by atoms with Crippen molar-refractivity contribution < 1.29 is 29.0 Å². The number of esters is 1. The summed E-state index contributed by atoms with van der Waals surface area (Å²) < 4.78 is 4.58. The van der Waals surface area contributed by atoms with Gasteiger partial charge < -0.3 is 14.7 Å². The molecule has 0 spiro atoms. The standard InChI is InChI=1S/C29H38N2O6S/c1-17(19-7-9-20(10-8-19)27-18(2)30-16-38-27)11-25(34)24-13-22(33)15-31(24)28(36)23(29(3,4)5)12-21(32)14-26(35)37-6/h7-10,16-17,22-24,33H,11-15H2,1-6H3/t17-,22-,23-,24+/m1/s1. The van der Waals surface area contributed by atoms with Gasteiger partial charge in [0.2, 0.25) is 5.91 Å². The molecule has 2 aromatic rings. The molecule has 9 heteroatoms. The molecule has 1 N–H and O–H groups in total. The molecule has 38 heavy (non-hydrogen) atoms. The number of β-amino-alcohol motifs (C(OH)–C–C–N with tert-alkyl or cyclic N) is 1. The lowest BCUT2D eigenvalue weighted by Gasteiger charge is -2.35. The quantitative estimate of drug-likeness (QED) is 0.351. The minimum Gasteiger partial charge on any atom is -0.469 e. The molecule has 1 saturated heterocycles. The van der Waals surface area contributed by atoms with Gasteiger partial charge in [-0.1, -0.05) is 52.0 Å². The summed E-state index contributed by atoms with van der Waals surface area (Å²) in [6.45, 7) is 9.55. The van der Waals surface area contributed by atoms with Crippen molar-refractivity contribution in [3.63, 3.8) is 0 Å². The van der Waals surface area contributed by atoms with Crippen LogP contribution in [0.1, 0.15) is 70.6 Å². The number of benzene rings is 1. The van der Waals surface area contributed by atoms with Crippen LogP contribution in [0.3, 0.4) is 0 Å². The molecule has 1 aliphatic heterocycles. The molecular weight excluding hydrogens is 504 g/mol. The number of amides is 1. The number of ether oxygens (including phenoxy) is 1. The van der Waals surface area contributed by atoms with Crippen molar-refractivity contribution in [3.8, 4) is 10.4 Å². The van der Waals surface area contributed by atoms with Crippen LogP contribution in [-0.4, -0.2) is 64.2 Å². The summed E-state index contributed by atoms with van der Waals surface area (Å²) >= 11 is 1.59. The van der Waals surface area contributed by atoms with Crippen molar-refractivity contribution in [1.29, 1.82) is 0 Å². The fraction of sp³-hybridized carbons (Fsp3) is 0.552. The monoisotopic (exact) mass is 542 g/mol. The first-order chi connectivity index (χ1) is 17.8. The summed E-state index contributed by atoms with van der Waals surface area (Å²) in [7, 11) is 1.21. The van der Waals surface area contributed by atoms with Gasteiger partial charge in [-0.15, -0.1) is 11.3 Å². The van der Waals surface area contributed by atoms with E-state index in [1.165, 1.54) is 12.0 Å². The Hall–Kier alpha value is -2.91. The molecule has 0 unspecified atom stereocenters. The van der Waals surface area contributed by atoms with Gasteiger partial charge in [0.15, 0.2) is 5.78 Å². The van der Waals surface area contributed by atoms with Crippen molar-refractivity contribution in [2.24, 2.45) is 11.3 Å². The second kappa shape index (κ2) is 12.3. The number of aliphatic hydroxyl groups is 1. The van der Waals surface area contributed by atoms with Crippen LogP contribution in [-0.2, 0) is 23.9 Å². The van der Waals surface area contributed by atoms with E-state index >= 15 is 0 Å². The molecule has 2 heterocycles. The van der Waals surface area contributed by atoms with Gasteiger partial charge in [-0.2, -0.15) is 0 Å². The molecule has 206 valence electrons. The van der Waals surface area contributed by atoms with E-state index in [0.717, 1.165) is 21.7 Å². The first-order valence-corrected chi connectivity index (χ1v) is 13.8. The van der Waals surface area contributed by atoms with Gasteiger partial charge in [0.1, 0.15) is 12.2 Å². The number of hydrogen-bond donors (Lipinski definition) is 1. The van der Waals surface area contributed by atoms with E-state index in [2.05, 4.69) is 9.72 Å². The molecule has 0 saturated carbocycles. The Morgan fingerprint density at radius 1 is 1.16 bits per heavy atom. The fourth-order valence-electron chi connectivity index (χ4n) is 4.96. The van der Waals surface area contributed by atoms with E-state index in [4.69, 9.17) is 0 Å². The lowest BCUT2D eigenvalue weighted by Crippen LogP contribution is -2.47. The second-order valence-electron chi connectivity index (χ2n) is 11.3. The van der Waals surface area contributed by atoms with E-state index in [0.29, 0.717) is 0 Å². The summed E-state index contributed by atoms with van der Waals surface area (Å²) in [5.41, 5.74) is 4.31. The summed E-state index contributed by atoms with van der Waals surface area (Å²) in [4.78, 5) is 58.0. The molecule has 1 aromatic heterocycles. The number of carbonyl (C=O) groups is 4. The number of thiazole rings is 1. The van der Waals surface area contributed by atoms with Crippen LogP contribution in [0.2, 0.25) is 0 Å². The van der Waals surface area contributed by atoms with E-state index in [1.54, 1.807) is 11.3 Å². The molecule has 3 rings (SSSR count). The van der Waals surface area contributed by atoms with Gasteiger partial charge in [0.25, 0.3) is 0 Å². The summed E-state index contributed by atoms with van der Waals surface area (Å²) in [6, 6.07) is 7.35. The van der Waals surface area contributed by atoms with Crippen LogP contribution in [0, 0.1) is 18.3 Å². The fourth-order valence-corrected chi connectivity index (χ4v) is 5.77. The minimum absolute atomic E-state index is 0.0459. The van der Waals surface area contributed by atoms with Gasteiger partial charge in [0, 0.05) is 31.7 Å². The second-order valence-corrected chi connectivity index (χ2v) is 12.1. The highest BCUT2D eigenvalue weighted by atomic mass is 32.1. The molecule has 0 bridgehead atoms. The number of methoxy groups -OCH3 is 1. The third-order valence-electron chi connectivity index (χ3n) is 7.27. The van der Waals surface area contributed by atoms with E-state index < -0.39 is 41.7 Å². The van der Waals surface area contributed by atoms with Gasteiger partial charge in [0.05, 0.1) is 35.3 Å². The number of likely N-dealkylation sites (tertiary alicyclic amines) is 1. The Kier molecular flexibility index (Phi) is 9.59. The van der Waals surface area contributed by atoms with Crippen molar-refractivity contribution in [2.75, 3.05) is 13.7 Å². The number of hydrogen-bond acceptors (Lipinski definition) is 8. The van der Waals surface area contributed by atoms with Crippen molar-refractivity contribution in [1.82, 2.24) is 9.88 Å². The zero-order chi connectivity index (χ0) is 28.2. The smallest absolute Gasteiger partial charge is 0.313 e. The first kappa shape index (κ1) is 29.6. The van der Waals surface area contributed by atoms with Crippen LogP contribution >= 0.6 is 11.3 Å². The predicted octanol–water partition coefficient (Wildman–Crippen LogP) is 4.33. The number of carbonyl (C=O) groups excluding carboxylic acids is 4.